The molecular formula is C41H53N9O6. The number of amides is 6. The van der Waals surface area contributed by atoms with E-state index in [0.29, 0.717) is 25.1 Å². The Balaban J connectivity index is 1.66. The van der Waals surface area contributed by atoms with Crippen LogP contribution >= 0.6 is 0 Å². The summed E-state index contributed by atoms with van der Waals surface area (Å²) in [5.74, 6) is -3.35. The maximum Gasteiger partial charge on any atom is 0.245 e. The number of nitrogens with one attached hydrogen (secondary N) is 5. The first kappa shape index (κ1) is 42.6. The average Bonchev–Trinajstić information content (AvgIpc) is 3.68. The second kappa shape index (κ2) is 20.0. The van der Waals surface area contributed by atoms with E-state index in [4.69, 9.17) is 11.5 Å². The van der Waals surface area contributed by atoms with Crippen molar-refractivity contribution < 1.29 is 28.8 Å². The topological polar surface area (TPSA) is 235 Å². The minimum absolute atomic E-state index is 0.00222. The molecule has 0 aliphatic rings. The zero-order valence-electron chi connectivity index (χ0n) is 32.3. The van der Waals surface area contributed by atoms with Gasteiger partial charge < -0.3 is 42.6 Å². The Hall–Kier alpha value is -6.09. The van der Waals surface area contributed by atoms with Gasteiger partial charge >= 0.3 is 0 Å². The van der Waals surface area contributed by atoms with Crippen molar-refractivity contribution in [3.63, 3.8) is 0 Å². The fourth-order valence-electron chi connectivity index (χ4n) is 6.17. The van der Waals surface area contributed by atoms with Crippen molar-refractivity contribution in [2.24, 2.45) is 11.5 Å². The number of nitrogens with zero attached hydrogens (tertiary/aromatic N) is 2. The van der Waals surface area contributed by atoms with Crippen LogP contribution in [0.5, 0.6) is 0 Å². The molecule has 0 radical (unpaired) electrons. The highest BCUT2D eigenvalue weighted by molar-refractivity contribution is 5.96. The van der Waals surface area contributed by atoms with E-state index < -0.39 is 59.2 Å². The number of H-pyrrole nitrogens is 1. The Kier molecular flexibility index (Phi) is 15.2. The van der Waals surface area contributed by atoms with Gasteiger partial charge in [-0.1, -0.05) is 72.8 Å². The highest BCUT2D eigenvalue weighted by Gasteiger charge is 2.36. The average molecular weight is 768 g/mol. The fourth-order valence-corrected chi connectivity index (χ4v) is 6.17. The zero-order chi connectivity index (χ0) is 40.8. The fraction of sp³-hybridized carbons (Fsp3) is 0.390. The molecule has 0 aliphatic carbocycles. The minimum atomic E-state index is -1.31. The summed E-state index contributed by atoms with van der Waals surface area (Å²) in [5, 5.41) is 12.9. The summed E-state index contributed by atoms with van der Waals surface area (Å²) < 4.78 is 0. The van der Waals surface area contributed by atoms with Gasteiger partial charge in [0.05, 0.1) is 17.6 Å². The van der Waals surface area contributed by atoms with E-state index in [9.17, 15) is 28.8 Å². The van der Waals surface area contributed by atoms with Crippen molar-refractivity contribution in [1.29, 1.82) is 0 Å². The van der Waals surface area contributed by atoms with Crippen LogP contribution in [0.1, 0.15) is 56.9 Å². The molecule has 4 atom stereocenters. The summed E-state index contributed by atoms with van der Waals surface area (Å²) in [6.45, 7) is 4.84. The van der Waals surface area contributed by atoms with Gasteiger partial charge in [0.2, 0.25) is 35.4 Å². The summed E-state index contributed by atoms with van der Waals surface area (Å²) in [4.78, 5) is 88.1. The largest absolute Gasteiger partial charge is 0.368 e. The van der Waals surface area contributed by atoms with Crippen LogP contribution in [-0.2, 0) is 48.0 Å². The lowest BCUT2D eigenvalue weighted by molar-refractivity contribution is -0.142. The molecule has 6 amide bonds. The third-order valence-electron chi connectivity index (χ3n) is 9.39. The van der Waals surface area contributed by atoms with E-state index in [1.165, 1.54) is 39.0 Å². The number of imidazole rings is 1. The predicted molar refractivity (Wildman–Crippen MR) is 212 cm³/mol. The predicted octanol–water partition coefficient (Wildman–Crippen LogP) is 1.40. The molecule has 0 saturated carbocycles. The Morgan fingerprint density at radius 2 is 1.46 bits per heavy atom. The number of hydrogen-bond donors (Lipinski definition) is 7. The lowest BCUT2D eigenvalue weighted by Gasteiger charge is -2.33. The Morgan fingerprint density at radius 1 is 0.786 bits per heavy atom. The van der Waals surface area contributed by atoms with Crippen LogP contribution < -0.4 is 32.7 Å². The van der Waals surface area contributed by atoms with Crippen molar-refractivity contribution in [3.8, 4) is 0 Å². The van der Waals surface area contributed by atoms with E-state index in [0.717, 1.165) is 21.9 Å². The van der Waals surface area contributed by atoms with E-state index in [1.54, 1.807) is 6.20 Å². The maximum atomic E-state index is 14.7. The van der Waals surface area contributed by atoms with Crippen LogP contribution in [-0.4, -0.2) is 93.6 Å². The number of carbonyl (C=O) groups excluding carboxylic acids is 6. The van der Waals surface area contributed by atoms with Crippen molar-refractivity contribution >= 4 is 46.2 Å². The quantitative estimate of drug-likeness (QED) is 0.0648. The maximum absolute atomic E-state index is 14.7. The van der Waals surface area contributed by atoms with Gasteiger partial charge in [-0.2, -0.15) is 0 Å². The number of carbonyl (C=O) groups is 6. The number of aromatic nitrogens is 2. The van der Waals surface area contributed by atoms with Crippen LogP contribution in [0.4, 0.5) is 0 Å². The number of hydrogen-bond acceptors (Lipinski definition) is 8. The lowest BCUT2D eigenvalue weighted by Crippen LogP contribution is -2.61. The molecule has 15 nitrogen and oxygen atoms in total. The number of fused-ring (bicyclic) bond motifs is 1. The first-order valence-corrected chi connectivity index (χ1v) is 18.6. The first-order valence-electron chi connectivity index (χ1n) is 18.6. The van der Waals surface area contributed by atoms with E-state index >= 15 is 0 Å². The first-order chi connectivity index (χ1) is 26.6. The summed E-state index contributed by atoms with van der Waals surface area (Å²) in [7, 11) is 1.47. The van der Waals surface area contributed by atoms with Crippen LogP contribution in [0.15, 0.2) is 85.3 Å². The van der Waals surface area contributed by atoms with Crippen LogP contribution in [0.2, 0.25) is 0 Å². The SMILES string of the molecule is CC(=O)NCCCC[C@H](NC(=O)C(Cc1ccccc1)N(C)C(=O)[C@@H](Cc1ccc2ccccc2c1)NC(=O)[C@H](Cc1c[nH]cn1)NC(=O)C(C)(C)N)C(N)=O. The highest BCUT2D eigenvalue weighted by Crippen LogP contribution is 2.19. The van der Waals surface area contributed by atoms with Crippen LogP contribution in [0.3, 0.4) is 0 Å². The molecule has 56 heavy (non-hydrogen) atoms. The van der Waals surface area contributed by atoms with Gasteiger partial charge in [-0.25, -0.2) is 4.98 Å². The van der Waals surface area contributed by atoms with E-state index in [1.807, 2.05) is 72.8 Å². The molecule has 1 unspecified atom stereocenters. The van der Waals surface area contributed by atoms with Gasteiger partial charge in [0.1, 0.15) is 24.2 Å². The van der Waals surface area contributed by atoms with E-state index in [2.05, 4.69) is 31.2 Å². The summed E-state index contributed by atoms with van der Waals surface area (Å²) in [6.07, 6.45) is 4.45. The number of benzene rings is 3. The second-order valence-electron chi connectivity index (χ2n) is 14.6. The van der Waals surface area contributed by atoms with Crippen LogP contribution in [0, 0.1) is 0 Å². The third-order valence-corrected chi connectivity index (χ3v) is 9.39. The van der Waals surface area contributed by atoms with Crippen molar-refractivity contribution in [2.45, 2.75) is 89.0 Å². The Bertz CT molecular complexity index is 1960. The Morgan fingerprint density at radius 3 is 2.11 bits per heavy atom. The smallest absolute Gasteiger partial charge is 0.245 e. The van der Waals surface area contributed by atoms with Crippen molar-refractivity contribution in [1.82, 2.24) is 36.1 Å². The highest BCUT2D eigenvalue weighted by atomic mass is 16.2. The van der Waals surface area contributed by atoms with Gasteiger partial charge in [0, 0.05) is 46.0 Å². The molecule has 0 bridgehead atoms. The normalized spacial score (nSPS) is 13.4. The molecule has 0 spiro atoms. The number of primary amides is 1. The van der Waals surface area contributed by atoms with Gasteiger partial charge in [-0.15, -0.1) is 0 Å². The second-order valence-corrected chi connectivity index (χ2v) is 14.6. The molecule has 3 aromatic carbocycles. The number of aromatic amines is 1. The van der Waals surface area contributed by atoms with Gasteiger partial charge in [0.25, 0.3) is 0 Å². The van der Waals surface area contributed by atoms with Crippen molar-refractivity contribution in [3.05, 3.63) is 102 Å². The minimum Gasteiger partial charge on any atom is -0.368 e. The van der Waals surface area contributed by atoms with Crippen molar-refractivity contribution in [2.75, 3.05) is 13.6 Å². The summed E-state index contributed by atoms with van der Waals surface area (Å²) in [5.41, 5.74) is 12.4. The van der Waals surface area contributed by atoms with Gasteiger partial charge in [-0.05, 0) is 55.0 Å². The molecule has 4 aromatic rings. The number of nitrogens with two attached hydrogens (primary N) is 2. The molecule has 1 heterocycles. The molecule has 15 heteroatoms. The molecule has 9 N–H and O–H groups in total. The molecule has 0 fully saturated rings. The van der Waals surface area contributed by atoms with Gasteiger partial charge in [0.15, 0.2) is 0 Å². The Labute approximate surface area is 326 Å². The zero-order valence-corrected chi connectivity index (χ0v) is 32.3. The monoisotopic (exact) mass is 767 g/mol. The third kappa shape index (κ3) is 12.8. The molecular weight excluding hydrogens is 715 g/mol. The molecule has 4 rings (SSSR count). The molecule has 298 valence electrons. The number of rotatable bonds is 20. The van der Waals surface area contributed by atoms with Gasteiger partial charge in [-0.3, -0.25) is 28.8 Å². The molecule has 0 aliphatic heterocycles. The summed E-state index contributed by atoms with van der Waals surface area (Å²) in [6, 6.07) is 18.0. The number of likely N-dealkylation sites (N-methyl/N-ethyl adjacent to an activating group) is 1. The van der Waals surface area contributed by atoms with E-state index in [-0.39, 0.29) is 31.6 Å². The summed E-state index contributed by atoms with van der Waals surface area (Å²) >= 11 is 0. The number of unbranched alkanes of at least 4 members (excludes halogenated alkanes) is 1. The molecule has 1 aromatic heterocycles. The lowest BCUT2D eigenvalue weighted by atomic mass is 9.98. The molecule has 0 saturated heterocycles. The standard InChI is InChI=1S/C41H53N9O6/c1-26(51)45-19-11-10-16-32(36(42)52)47-38(54)35(22-27-12-6-5-7-13-27)50(4)39(55)34(21-28-17-18-29-14-8-9-15-30(29)20-28)48-37(53)33(23-31-24-44-25-46-31)49-40(56)41(2,3)43/h5-9,12-15,17-18,20,24-25,32-35H,10-11,16,19,21-23,43H2,1-4H3,(H2,42,52)(H,44,46)(H,45,51)(H,47,54)(H,48,53)(H,49,56)/t32-,33-,34+,35?/m0/s1. The van der Waals surface area contributed by atoms with Crippen LogP contribution in [0.25, 0.3) is 10.8 Å².